The minimum atomic E-state index is -3.81. The smallest absolute Gasteiger partial charge is 0.258 e. The zero-order chi connectivity index (χ0) is 17.4. The van der Waals surface area contributed by atoms with E-state index in [1.165, 1.54) is 0 Å². The van der Waals surface area contributed by atoms with Gasteiger partial charge < -0.3 is 0 Å². The maximum Gasteiger partial charge on any atom is 0.305 e. The minimum absolute atomic E-state index is 0.334. The summed E-state index contributed by atoms with van der Waals surface area (Å²) in [6.45, 7) is 0. The van der Waals surface area contributed by atoms with E-state index in [1.807, 2.05) is 0 Å². The number of hydrogen-bond donors (Lipinski definition) is 0. The van der Waals surface area contributed by atoms with Crippen LogP contribution in [0.2, 0.25) is 5.02 Å². The van der Waals surface area contributed by atoms with Gasteiger partial charge in [-0.3, -0.25) is 20.2 Å². The first-order valence-corrected chi connectivity index (χ1v) is 6.29. The van der Waals surface area contributed by atoms with Gasteiger partial charge >= 0.3 is 5.69 Å². The summed E-state index contributed by atoms with van der Waals surface area (Å²) in [5.74, 6) is -5.08. The molecule has 0 unspecified atom stereocenters. The van der Waals surface area contributed by atoms with Crippen molar-refractivity contribution >= 4 is 23.0 Å². The van der Waals surface area contributed by atoms with Crippen LogP contribution in [0.25, 0.3) is 0 Å². The van der Waals surface area contributed by atoms with Crippen LogP contribution < -0.4 is 0 Å². The second-order valence-corrected chi connectivity index (χ2v) is 4.83. The molecule has 0 aliphatic heterocycles. The van der Waals surface area contributed by atoms with Crippen molar-refractivity contribution in [2.45, 2.75) is 5.92 Å². The molecule has 6 nitrogen and oxygen atoms in total. The normalized spacial score (nSPS) is 11.3. The molecule has 0 aliphatic rings. The summed E-state index contributed by atoms with van der Waals surface area (Å²) in [5, 5.41) is 21.1. The van der Waals surface area contributed by atoms with Gasteiger partial charge in [-0.15, -0.1) is 0 Å². The van der Waals surface area contributed by atoms with Crippen molar-refractivity contribution in [3.8, 4) is 0 Å². The number of nitrogens with zero attached hydrogens (tertiary/aromatic N) is 2. The predicted octanol–water partition coefficient (Wildman–Crippen LogP) is 4.44. The third-order valence-corrected chi connectivity index (χ3v) is 3.33. The maximum atomic E-state index is 14.4. The van der Waals surface area contributed by atoms with Crippen molar-refractivity contribution in [2.75, 3.05) is 0 Å². The Bertz CT molecular complexity index is 748. The van der Waals surface area contributed by atoms with Gasteiger partial charge in [0.05, 0.1) is 9.85 Å². The number of nitro groups is 2. The van der Waals surface area contributed by atoms with Crippen LogP contribution in [-0.2, 0) is 5.92 Å². The highest BCUT2D eigenvalue weighted by Gasteiger charge is 2.37. The van der Waals surface area contributed by atoms with E-state index in [9.17, 15) is 33.4 Å². The lowest BCUT2D eigenvalue weighted by Gasteiger charge is -2.17. The first kappa shape index (κ1) is 16.7. The summed E-state index contributed by atoms with van der Waals surface area (Å²) in [6, 6.07) is 3.92. The summed E-state index contributed by atoms with van der Waals surface area (Å²) in [6.07, 6.45) is 0. The molecule has 0 heterocycles. The molecule has 0 saturated heterocycles. The zero-order valence-corrected chi connectivity index (χ0v) is 11.8. The van der Waals surface area contributed by atoms with Crippen LogP contribution in [0.3, 0.4) is 0 Å². The van der Waals surface area contributed by atoms with E-state index >= 15 is 0 Å². The van der Waals surface area contributed by atoms with Crippen LogP contribution in [0, 0.1) is 26.0 Å². The predicted molar refractivity (Wildman–Crippen MR) is 74.2 cm³/mol. The van der Waals surface area contributed by atoms with Crippen LogP contribution in [-0.4, -0.2) is 9.85 Å². The average Bonchev–Trinajstić information content (AvgIpc) is 2.47. The van der Waals surface area contributed by atoms with Crippen LogP contribution >= 0.6 is 11.6 Å². The Labute approximate surface area is 131 Å². The van der Waals surface area contributed by atoms with Crippen LogP contribution in [0.15, 0.2) is 36.4 Å². The maximum absolute atomic E-state index is 14.4. The van der Waals surface area contributed by atoms with Crippen LogP contribution in [0.5, 0.6) is 0 Å². The van der Waals surface area contributed by atoms with Gasteiger partial charge in [-0.05, 0) is 18.2 Å². The van der Waals surface area contributed by atoms with Gasteiger partial charge in [-0.1, -0.05) is 17.7 Å². The lowest BCUT2D eigenvalue weighted by Crippen LogP contribution is -2.16. The fourth-order valence-corrected chi connectivity index (χ4v) is 2.05. The van der Waals surface area contributed by atoms with E-state index in [0.717, 1.165) is 12.1 Å². The molecule has 0 amide bonds. The minimum Gasteiger partial charge on any atom is -0.258 e. The molecular formula is C13H6ClF3N2O4. The molecule has 0 aliphatic carbocycles. The Morgan fingerprint density at radius 2 is 1.39 bits per heavy atom. The molecule has 2 rings (SSSR count). The van der Waals surface area contributed by atoms with Crippen LogP contribution in [0.4, 0.5) is 24.5 Å². The Balaban J connectivity index is 2.58. The number of alkyl halides is 2. The summed E-state index contributed by atoms with van der Waals surface area (Å²) < 4.78 is 42.1. The largest absolute Gasteiger partial charge is 0.305 e. The van der Waals surface area contributed by atoms with Crippen molar-refractivity contribution in [3.63, 3.8) is 0 Å². The van der Waals surface area contributed by atoms with E-state index < -0.39 is 44.1 Å². The zero-order valence-electron chi connectivity index (χ0n) is 11.0. The Morgan fingerprint density at radius 3 is 1.91 bits per heavy atom. The Kier molecular flexibility index (Phi) is 4.24. The standard InChI is InChI=1S/C13H6ClF3N2O4/c14-9-3-1-7(5-11(9)18(20)21)13(16,17)8-2-4-10(15)12(6-8)19(22)23/h1-6H. The molecule has 0 saturated carbocycles. The summed E-state index contributed by atoms with van der Waals surface area (Å²) in [5.41, 5.74) is -3.53. The van der Waals surface area contributed by atoms with Crippen molar-refractivity contribution in [1.82, 2.24) is 0 Å². The molecule has 0 aromatic heterocycles. The quantitative estimate of drug-likeness (QED) is 0.605. The SMILES string of the molecule is O=[N+]([O-])c1cc(C(F)(F)c2ccc(Cl)c([N+](=O)[O-])c2)ccc1F. The molecule has 0 spiro atoms. The summed E-state index contributed by atoms with van der Waals surface area (Å²) >= 11 is 5.55. The topological polar surface area (TPSA) is 86.3 Å². The van der Waals surface area contributed by atoms with Gasteiger partial charge in [0.2, 0.25) is 5.82 Å². The van der Waals surface area contributed by atoms with Crippen molar-refractivity contribution in [2.24, 2.45) is 0 Å². The summed E-state index contributed by atoms with van der Waals surface area (Å²) in [4.78, 5) is 19.3. The molecule has 0 N–H and O–H groups in total. The van der Waals surface area contributed by atoms with Crippen molar-refractivity contribution in [3.05, 3.63) is 78.6 Å². The van der Waals surface area contributed by atoms with Crippen molar-refractivity contribution < 1.29 is 23.0 Å². The van der Waals surface area contributed by atoms with Crippen LogP contribution in [0.1, 0.15) is 11.1 Å². The number of hydrogen-bond acceptors (Lipinski definition) is 4. The second kappa shape index (κ2) is 5.84. The number of halogens is 4. The molecular weight excluding hydrogens is 341 g/mol. The molecule has 120 valence electrons. The number of rotatable bonds is 4. The van der Waals surface area contributed by atoms with E-state index in [2.05, 4.69) is 0 Å². The Morgan fingerprint density at radius 1 is 0.913 bits per heavy atom. The molecule has 0 bridgehead atoms. The summed E-state index contributed by atoms with van der Waals surface area (Å²) in [7, 11) is 0. The van der Waals surface area contributed by atoms with E-state index in [0.29, 0.717) is 24.3 Å². The van der Waals surface area contributed by atoms with E-state index in [-0.39, 0.29) is 5.02 Å². The van der Waals surface area contributed by atoms with Gasteiger partial charge in [0, 0.05) is 23.3 Å². The molecule has 0 atom stereocenters. The highest BCUT2D eigenvalue weighted by molar-refractivity contribution is 6.32. The highest BCUT2D eigenvalue weighted by atomic mass is 35.5. The Hall–Kier alpha value is -2.68. The first-order valence-electron chi connectivity index (χ1n) is 5.91. The third kappa shape index (κ3) is 3.09. The average molecular weight is 347 g/mol. The van der Waals surface area contributed by atoms with E-state index in [4.69, 9.17) is 11.6 Å². The van der Waals surface area contributed by atoms with Gasteiger partial charge in [-0.25, -0.2) is 0 Å². The molecule has 2 aromatic carbocycles. The molecule has 23 heavy (non-hydrogen) atoms. The highest BCUT2D eigenvalue weighted by Crippen LogP contribution is 2.40. The molecule has 0 radical (unpaired) electrons. The number of nitro benzene ring substituents is 2. The lowest BCUT2D eigenvalue weighted by atomic mass is 9.99. The first-order chi connectivity index (χ1) is 10.6. The fourth-order valence-electron chi connectivity index (χ4n) is 1.86. The monoisotopic (exact) mass is 346 g/mol. The van der Waals surface area contributed by atoms with E-state index in [1.54, 1.807) is 0 Å². The molecule has 10 heteroatoms. The number of benzene rings is 2. The van der Waals surface area contributed by atoms with Crippen molar-refractivity contribution in [1.29, 1.82) is 0 Å². The lowest BCUT2D eigenvalue weighted by molar-refractivity contribution is -0.387. The van der Waals surface area contributed by atoms with Gasteiger partial charge in [-0.2, -0.15) is 13.2 Å². The fraction of sp³-hybridized carbons (Fsp3) is 0.0769. The molecule has 2 aromatic rings. The third-order valence-electron chi connectivity index (χ3n) is 3.01. The molecule has 0 fully saturated rings. The van der Waals surface area contributed by atoms with Gasteiger partial charge in [0.15, 0.2) is 0 Å². The second-order valence-electron chi connectivity index (χ2n) is 4.42. The van der Waals surface area contributed by atoms with Gasteiger partial charge in [0.1, 0.15) is 5.02 Å². The van der Waals surface area contributed by atoms with Gasteiger partial charge in [0.25, 0.3) is 11.6 Å².